The fourth-order valence-electron chi connectivity index (χ4n) is 2.97. The topological polar surface area (TPSA) is 104 Å². The lowest BCUT2D eigenvalue weighted by molar-refractivity contribution is -0.111. The van der Waals surface area contributed by atoms with Gasteiger partial charge < -0.3 is 5.32 Å². The largest absolute Gasteiger partial charge is 0.322 e. The Balaban J connectivity index is 2.15. The van der Waals surface area contributed by atoms with Crippen LogP contribution in [-0.4, -0.2) is 58.5 Å². The Morgan fingerprint density at radius 1 is 0.938 bits per heavy atom. The summed E-state index contributed by atoms with van der Waals surface area (Å²) < 4.78 is 52.4. The highest BCUT2D eigenvalue weighted by molar-refractivity contribution is 7.89. The van der Waals surface area contributed by atoms with Crippen LogP contribution in [0.15, 0.2) is 58.3 Å². The second-order valence-electron chi connectivity index (χ2n) is 7.25. The Kier molecular flexibility index (Phi) is 8.35. The zero-order valence-corrected chi connectivity index (χ0v) is 20.5. The normalized spacial score (nSPS) is 12.6. The number of carbonyl (C=O) groups is 1. The van der Waals surface area contributed by atoms with Gasteiger partial charge in [-0.3, -0.25) is 4.79 Å². The average Bonchev–Trinajstić information content (AvgIpc) is 2.74. The van der Waals surface area contributed by atoms with E-state index in [0.717, 1.165) is 4.31 Å². The molecule has 0 spiro atoms. The molecule has 0 atom stereocenters. The van der Waals surface area contributed by atoms with Crippen LogP contribution in [0.25, 0.3) is 6.08 Å². The van der Waals surface area contributed by atoms with E-state index in [1.54, 1.807) is 51.1 Å². The van der Waals surface area contributed by atoms with Gasteiger partial charge in [0.05, 0.1) is 9.79 Å². The van der Waals surface area contributed by atoms with Gasteiger partial charge in [-0.2, -0.15) is 4.31 Å². The molecule has 0 aliphatic heterocycles. The van der Waals surface area contributed by atoms with Gasteiger partial charge in [0, 0.05) is 38.9 Å². The zero-order valence-electron chi connectivity index (χ0n) is 18.9. The summed E-state index contributed by atoms with van der Waals surface area (Å²) in [6, 6.07) is 10.9. The number of hydrogen-bond donors (Lipinski definition) is 1. The Bertz CT molecular complexity index is 1200. The first kappa shape index (κ1) is 25.7. The van der Waals surface area contributed by atoms with Crippen molar-refractivity contribution in [2.75, 3.05) is 32.5 Å². The number of benzene rings is 2. The Hall–Kier alpha value is -2.53. The molecule has 2 aromatic rings. The SMILES string of the molecule is CCN(CC)S(=O)(=O)c1ccc(C=CC(=O)Nc2ccc(C)c(S(=O)(=O)N(C)C)c2)cc1. The van der Waals surface area contributed by atoms with Crippen molar-refractivity contribution in [2.45, 2.75) is 30.6 Å². The van der Waals surface area contributed by atoms with Crippen molar-refractivity contribution in [1.82, 2.24) is 8.61 Å². The van der Waals surface area contributed by atoms with Gasteiger partial charge in [0.1, 0.15) is 0 Å². The number of anilines is 1. The minimum atomic E-state index is -3.64. The minimum absolute atomic E-state index is 0.120. The Morgan fingerprint density at radius 3 is 2.06 bits per heavy atom. The highest BCUT2D eigenvalue weighted by Crippen LogP contribution is 2.22. The lowest BCUT2D eigenvalue weighted by Gasteiger charge is -2.18. The molecule has 2 aromatic carbocycles. The van der Waals surface area contributed by atoms with Crippen LogP contribution in [0.4, 0.5) is 5.69 Å². The first-order valence-electron chi connectivity index (χ1n) is 10.1. The maximum atomic E-state index is 12.5. The molecule has 0 bridgehead atoms. The summed E-state index contributed by atoms with van der Waals surface area (Å²) >= 11 is 0. The van der Waals surface area contributed by atoms with E-state index in [9.17, 15) is 21.6 Å². The third kappa shape index (κ3) is 5.83. The lowest BCUT2D eigenvalue weighted by Crippen LogP contribution is -2.30. The molecular formula is C22H29N3O5S2. The van der Waals surface area contributed by atoms with E-state index in [1.807, 2.05) is 0 Å². The number of sulfonamides is 2. The van der Waals surface area contributed by atoms with Crippen LogP contribution in [0.5, 0.6) is 0 Å². The van der Waals surface area contributed by atoms with E-state index in [0.29, 0.717) is 29.9 Å². The molecule has 0 fully saturated rings. The number of carbonyl (C=O) groups excluding carboxylic acids is 1. The van der Waals surface area contributed by atoms with Crippen molar-refractivity contribution in [1.29, 1.82) is 0 Å². The van der Waals surface area contributed by atoms with E-state index in [2.05, 4.69) is 5.32 Å². The maximum absolute atomic E-state index is 12.5. The molecular weight excluding hydrogens is 450 g/mol. The first-order valence-corrected chi connectivity index (χ1v) is 12.9. The molecule has 0 unspecified atom stereocenters. The quantitative estimate of drug-likeness (QED) is 0.557. The van der Waals surface area contributed by atoms with Gasteiger partial charge in [-0.1, -0.05) is 32.0 Å². The molecule has 2 rings (SSSR count). The van der Waals surface area contributed by atoms with Crippen molar-refractivity contribution < 1.29 is 21.6 Å². The number of amides is 1. The van der Waals surface area contributed by atoms with Crippen LogP contribution >= 0.6 is 0 Å². The molecule has 1 amide bonds. The predicted molar refractivity (Wildman–Crippen MR) is 126 cm³/mol. The van der Waals surface area contributed by atoms with E-state index >= 15 is 0 Å². The van der Waals surface area contributed by atoms with Crippen molar-refractivity contribution >= 4 is 37.7 Å². The maximum Gasteiger partial charge on any atom is 0.248 e. The summed E-state index contributed by atoms with van der Waals surface area (Å²) in [4.78, 5) is 12.6. The first-order chi connectivity index (χ1) is 14.9. The lowest BCUT2D eigenvalue weighted by atomic mass is 10.2. The Labute approximate surface area is 190 Å². The average molecular weight is 480 g/mol. The summed E-state index contributed by atoms with van der Waals surface area (Å²) in [6.45, 7) is 6.02. The highest BCUT2D eigenvalue weighted by atomic mass is 32.2. The number of nitrogens with zero attached hydrogens (tertiary/aromatic N) is 2. The molecule has 1 N–H and O–H groups in total. The van der Waals surface area contributed by atoms with E-state index in [-0.39, 0.29) is 9.79 Å². The molecule has 0 heterocycles. The van der Waals surface area contributed by atoms with Crippen molar-refractivity contribution in [3.8, 4) is 0 Å². The van der Waals surface area contributed by atoms with Gasteiger partial charge in [0.25, 0.3) is 0 Å². The third-order valence-corrected chi connectivity index (χ3v) is 8.89. The van der Waals surface area contributed by atoms with Crippen LogP contribution in [0.1, 0.15) is 25.0 Å². The molecule has 0 aliphatic carbocycles. The number of rotatable bonds is 9. The van der Waals surface area contributed by atoms with Crippen molar-refractivity contribution in [2.24, 2.45) is 0 Å². The predicted octanol–water partition coefficient (Wildman–Crippen LogP) is 2.93. The summed E-state index contributed by atoms with van der Waals surface area (Å²) in [5.41, 5.74) is 1.58. The number of nitrogens with one attached hydrogen (secondary N) is 1. The number of hydrogen-bond acceptors (Lipinski definition) is 5. The highest BCUT2D eigenvalue weighted by Gasteiger charge is 2.21. The molecule has 10 heteroatoms. The van der Waals surface area contributed by atoms with Gasteiger partial charge in [-0.15, -0.1) is 0 Å². The summed E-state index contributed by atoms with van der Waals surface area (Å²) in [5, 5.41) is 2.65. The van der Waals surface area contributed by atoms with Crippen LogP contribution in [0.3, 0.4) is 0 Å². The van der Waals surface area contributed by atoms with E-state index in [1.165, 1.54) is 42.7 Å². The summed E-state index contributed by atoms with van der Waals surface area (Å²) in [6.07, 6.45) is 2.85. The molecule has 32 heavy (non-hydrogen) atoms. The molecule has 0 saturated heterocycles. The molecule has 174 valence electrons. The van der Waals surface area contributed by atoms with Gasteiger partial charge >= 0.3 is 0 Å². The summed E-state index contributed by atoms with van der Waals surface area (Å²) in [5.74, 6) is -0.443. The van der Waals surface area contributed by atoms with Crippen LogP contribution in [-0.2, 0) is 24.8 Å². The molecule has 0 radical (unpaired) electrons. The fourth-order valence-corrected chi connectivity index (χ4v) is 5.57. The zero-order chi connectivity index (χ0) is 24.1. The molecule has 0 aromatic heterocycles. The van der Waals surface area contributed by atoms with Gasteiger partial charge in [0.15, 0.2) is 0 Å². The smallest absolute Gasteiger partial charge is 0.248 e. The molecule has 0 saturated carbocycles. The van der Waals surface area contributed by atoms with Crippen LogP contribution < -0.4 is 5.32 Å². The van der Waals surface area contributed by atoms with Gasteiger partial charge in [-0.25, -0.2) is 21.1 Å². The van der Waals surface area contributed by atoms with Gasteiger partial charge in [0.2, 0.25) is 26.0 Å². The van der Waals surface area contributed by atoms with Crippen LogP contribution in [0.2, 0.25) is 0 Å². The van der Waals surface area contributed by atoms with Gasteiger partial charge in [-0.05, 0) is 48.4 Å². The fraction of sp³-hybridized carbons (Fsp3) is 0.318. The second kappa shape index (κ2) is 10.4. The monoisotopic (exact) mass is 479 g/mol. The molecule has 0 aliphatic rings. The third-order valence-electron chi connectivity index (χ3n) is 4.86. The van der Waals surface area contributed by atoms with Crippen molar-refractivity contribution in [3.63, 3.8) is 0 Å². The molecule has 8 nitrogen and oxygen atoms in total. The second-order valence-corrected chi connectivity index (χ2v) is 11.3. The Morgan fingerprint density at radius 2 is 1.53 bits per heavy atom. The van der Waals surface area contributed by atoms with E-state index < -0.39 is 26.0 Å². The summed E-state index contributed by atoms with van der Waals surface area (Å²) in [7, 11) is -4.28. The van der Waals surface area contributed by atoms with Crippen LogP contribution in [0, 0.1) is 6.92 Å². The van der Waals surface area contributed by atoms with E-state index in [4.69, 9.17) is 0 Å². The standard InChI is InChI=1S/C22H29N3O5S2/c1-6-25(7-2)31(27,28)20-13-9-18(10-14-20)11-15-22(26)23-19-12-8-17(3)21(16-19)32(29,30)24(4)5/h8-16H,6-7H2,1-5H3,(H,23,26). The number of aryl methyl sites for hydroxylation is 1. The van der Waals surface area contributed by atoms with Crippen molar-refractivity contribution in [3.05, 3.63) is 59.7 Å². The minimum Gasteiger partial charge on any atom is -0.322 e.